The van der Waals surface area contributed by atoms with E-state index >= 15 is 0 Å². The van der Waals surface area contributed by atoms with E-state index in [9.17, 15) is 13.2 Å². The van der Waals surface area contributed by atoms with Crippen LogP contribution >= 0.6 is 12.6 Å². The van der Waals surface area contributed by atoms with Crippen LogP contribution in [0.1, 0.15) is 0 Å². The molecule has 13 heavy (non-hydrogen) atoms. The molecule has 9 heteroatoms. The number of thiol groups is 1. The first-order valence-corrected chi connectivity index (χ1v) is 4.86. The number of carboxylic acid groups (broad SMARTS) is 1. The zero-order chi connectivity index (χ0) is 11.1. The Morgan fingerprint density at radius 1 is 1.69 bits per heavy atom. The Hall–Kier alpha value is -0.350. The lowest BCUT2D eigenvalue weighted by atomic mass is 10.4. The molecule has 0 fully saturated rings. The van der Waals surface area contributed by atoms with Gasteiger partial charge in [-0.1, -0.05) is 0 Å². The van der Waals surface area contributed by atoms with E-state index in [0.717, 1.165) is 7.11 Å². The fraction of sp³-hybridized carbons (Fsp3) is 0.750. The minimum absolute atomic E-state index is 0.190. The van der Waals surface area contributed by atoms with Gasteiger partial charge >= 0.3 is 16.4 Å². The van der Waals surface area contributed by atoms with Crippen molar-refractivity contribution in [3.8, 4) is 0 Å². The van der Waals surface area contributed by atoms with E-state index in [1.165, 1.54) is 0 Å². The predicted molar refractivity (Wildman–Crippen MR) is 48.0 cm³/mol. The maximum atomic E-state index is 9.76. The van der Waals surface area contributed by atoms with E-state index in [4.69, 9.17) is 15.4 Å². The zero-order valence-corrected chi connectivity index (χ0v) is 8.46. The summed E-state index contributed by atoms with van der Waals surface area (Å²) in [6.45, 7) is 0. The maximum Gasteiger partial charge on any atom is 0.397 e. The molecule has 0 saturated carbocycles. The smallest absolute Gasteiger partial charge is 0.397 e. The van der Waals surface area contributed by atoms with Gasteiger partial charge in [0.25, 0.3) is 0 Å². The lowest BCUT2D eigenvalue weighted by molar-refractivity contribution is -0.137. The molecule has 0 aliphatic rings. The van der Waals surface area contributed by atoms with Crippen LogP contribution in [0.25, 0.3) is 0 Å². The van der Waals surface area contributed by atoms with Gasteiger partial charge in [-0.05, 0) is 0 Å². The highest BCUT2D eigenvalue weighted by Gasteiger charge is 2.06. The van der Waals surface area contributed by atoms with E-state index in [1.54, 1.807) is 0 Å². The number of carbonyl (C=O) groups is 1. The Morgan fingerprint density at radius 2 is 2.00 bits per heavy atom. The van der Waals surface area contributed by atoms with Crippen LogP contribution in [0.15, 0.2) is 0 Å². The minimum atomic E-state index is -4.16. The summed E-state index contributed by atoms with van der Waals surface area (Å²) < 4.78 is 29.7. The van der Waals surface area contributed by atoms with Gasteiger partial charge in [-0.2, -0.15) is 21.0 Å². The maximum absolute atomic E-state index is 9.76. The van der Waals surface area contributed by atoms with Crippen molar-refractivity contribution in [3.05, 3.63) is 0 Å². The molecular formula is C4H11NO6S2. The number of aliphatic carboxylic acids is 1. The third kappa shape index (κ3) is 14.5. The van der Waals surface area contributed by atoms with Crippen LogP contribution in [0.5, 0.6) is 0 Å². The van der Waals surface area contributed by atoms with Crippen molar-refractivity contribution < 1.29 is 27.1 Å². The standard InChI is InChI=1S/C3H7NO2S.CH4O4S/c4-2(1-7)3(5)6;1-5-6(2,3)4/h2,7H,1,4H2,(H,5,6);1H3,(H,2,3,4)/t2-;/m0./s1. The number of hydrogen-bond acceptors (Lipinski definition) is 6. The first kappa shape index (κ1) is 15.1. The highest BCUT2D eigenvalue weighted by molar-refractivity contribution is 7.80. The summed E-state index contributed by atoms with van der Waals surface area (Å²) in [5, 5.41) is 8.01. The summed E-state index contributed by atoms with van der Waals surface area (Å²) in [4.78, 5) is 9.76. The third-order valence-electron chi connectivity index (χ3n) is 0.725. The quantitative estimate of drug-likeness (QED) is 0.355. The largest absolute Gasteiger partial charge is 0.480 e. The lowest BCUT2D eigenvalue weighted by Crippen LogP contribution is -2.31. The van der Waals surface area contributed by atoms with Crippen LogP contribution in [-0.2, 0) is 19.4 Å². The molecule has 0 aromatic heterocycles. The molecule has 1 atom stereocenters. The molecule has 0 heterocycles. The van der Waals surface area contributed by atoms with Gasteiger partial charge < -0.3 is 10.8 Å². The van der Waals surface area contributed by atoms with E-state index in [1.807, 2.05) is 0 Å². The molecule has 0 bridgehead atoms. The van der Waals surface area contributed by atoms with Crippen molar-refractivity contribution in [1.82, 2.24) is 0 Å². The second-order valence-electron chi connectivity index (χ2n) is 1.72. The Kier molecular flexibility index (Phi) is 8.26. The molecule has 7 nitrogen and oxygen atoms in total. The van der Waals surface area contributed by atoms with Crippen molar-refractivity contribution >= 4 is 29.0 Å². The Bertz CT molecular complexity index is 237. The summed E-state index contributed by atoms with van der Waals surface area (Å²) in [5.41, 5.74) is 4.94. The molecule has 0 radical (unpaired) electrons. The lowest BCUT2D eigenvalue weighted by Gasteiger charge is -1.96. The Morgan fingerprint density at radius 3 is 2.00 bits per heavy atom. The van der Waals surface area contributed by atoms with Gasteiger partial charge in [-0.3, -0.25) is 13.5 Å². The van der Waals surface area contributed by atoms with E-state index in [2.05, 4.69) is 16.8 Å². The monoisotopic (exact) mass is 233 g/mol. The molecule has 0 aliphatic carbocycles. The average Bonchev–Trinajstić information content (AvgIpc) is 2.02. The number of carboxylic acids is 1. The average molecular weight is 233 g/mol. The van der Waals surface area contributed by atoms with Gasteiger partial charge in [0.2, 0.25) is 0 Å². The van der Waals surface area contributed by atoms with Gasteiger partial charge in [0.1, 0.15) is 6.04 Å². The fourth-order valence-corrected chi connectivity index (χ4v) is 0.234. The highest BCUT2D eigenvalue weighted by atomic mass is 32.3. The Balaban J connectivity index is 0. The summed E-state index contributed by atoms with van der Waals surface area (Å²) in [6, 6.07) is -0.816. The van der Waals surface area contributed by atoms with Crippen molar-refractivity contribution in [1.29, 1.82) is 0 Å². The molecule has 0 saturated heterocycles. The first-order valence-electron chi connectivity index (χ1n) is 2.87. The third-order valence-corrected chi connectivity index (χ3v) is 1.54. The van der Waals surface area contributed by atoms with E-state index in [-0.39, 0.29) is 5.75 Å². The van der Waals surface area contributed by atoms with Crippen LogP contribution in [0, 0.1) is 0 Å². The molecule has 0 aliphatic heterocycles. The molecule has 0 aromatic carbocycles. The van der Waals surface area contributed by atoms with Gasteiger partial charge in [0, 0.05) is 5.75 Å². The van der Waals surface area contributed by atoms with Crippen LogP contribution in [0.3, 0.4) is 0 Å². The molecule has 80 valence electrons. The van der Waals surface area contributed by atoms with E-state index in [0.29, 0.717) is 0 Å². The van der Waals surface area contributed by atoms with Crippen LogP contribution < -0.4 is 5.73 Å². The molecular weight excluding hydrogens is 222 g/mol. The van der Waals surface area contributed by atoms with Gasteiger partial charge in [-0.15, -0.1) is 0 Å². The van der Waals surface area contributed by atoms with Crippen LogP contribution in [-0.4, -0.2) is 43.0 Å². The van der Waals surface area contributed by atoms with Gasteiger partial charge in [0.05, 0.1) is 7.11 Å². The van der Waals surface area contributed by atoms with E-state index < -0.39 is 22.4 Å². The molecule has 0 amide bonds. The highest BCUT2D eigenvalue weighted by Crippen LogP contribution is 1.80. The molecule has 0 spiro atoms. The first-order chi connectivity index (χ1) is 5.74. The van der Waals surface area contributed by atoms with Crippen LogP contribution in [0.4, 0.5) is 0 Å². The zero-order valence-electron chi connectivity index (χ0n) is 6.74. The summed E-state index contributed by atoms with van der Waals surface area (Å²) >= 11 is 3.65. The number of hydrogen-bond donors (Lipinski definition) is 4. The van der Waals surface area contributed by atoms with Gasteiger partial charge in [0.15, 0.2) is 0 Å². The fourth-order valence-electron chi connectivity index (χ4n) is 0.0781. The normalized spacial score (nSPS) is 12.6. The van der Waals surface area contributed by atoms with Crippen molar-refractivity contribution in [2.45, 2.75) is 6.04 Å². The summed E-state index contributed by atoms with van der Waals surface area (Å²) in [7, 11) is -3.29. The van der Waals surface area contributed by atoms with Gasteiger partial charge in [-0.25, -0.2) is 0 Å². The second kappa shape index (κ2) is 7.09. The molecule has 0 rings (SSSR count). The minimum Gasteiger partial charge on any atom is -0.480 e. The summed E-state index contributed by atoms with van der Waals surface area (Å²) in [6.07, 6.45) is 0. The Labute approximate surface area is 81.2 Å². The summed E-state index contributed by atoms with van der Waals surface area (Å²) in [5.74, 6) is -0.815. The van der Waals surface area contributed by atoms with Crippen LogP contribution in [0.2, 0.25) is 0 Å². The second-order valence-corrected chi connectivity index (χ2v) is 3.28. The van der Waals surface area contributed by atoms with Crippen molar-refractivity contribution in [2.75, 3.05) is 12.9 Å². The topological polar surface area (TPSA) is 127 Å². The predicted octanol–water partition coefficient (Wildman–Crippen LogP) is -1.24. The number of rotatable bonds is 3. The van der Waals surface area contributed by atoms with Crippen molar-refractivity contribution in [2.24, 2.45) is 5.73 Å². The van der Waals surface area contributed by atoms with Crippen molar-refractivity contribution in [3.63, 3.8) is 0 Å². The number of nitrogens with two attached hydrogens (primary N) is 1. The molecule has 4 N–H and O–H groups in total. The molecule has 0 aromatic rings. The molecule has 0 unspecified atom stereocenters. The SMILES string of the molecule is COS(=O)(=O)O.N[C@@H](CS)C(=O)O.